The number of nitrogens with zero attached hydrogens (tertiary/aromatic N) is 3. The molecule has 1 aliphatic heterocycles. The summed E-state index contributed by atoms with van der Waals surface area (Å²) in [6, 6.07) is 2.03. The fourth-order valence-corrected chi connectivity index (χ4v) is 4.06. The van der Waals surface area contributed by atoms with Gasteiger partial charge in [-0.05, 0) is 53.9 Å². The Kier molecular flexibility index (Phi) is 4.40. The lowest BCUT2D eigenvalue weighted by Gasteiger charge is -2.26. The second-order valence-corrected chi connectivity index (χ2v) is 9.02. The number of primary amides is 1. The van der Waals surface area contributed by atoms with Gasteiger partial charge in [-0.2, -0.15) is 0 Å². The van der Waals surface area contributed by atoms with Crippen molar-refractivity contribution in [2.24, 2.45) is 5.73 Å². The minimum absolute atomic E-state index is 0.0164. The molecule has 1 aliphatic carbocycles. The van der Waals surface area contributed by atoms with Gasteiger partial charge >= 0.3 is 12.1 Å². The second-order valence-electron chi connectivity index (χ2n) is 9.02. The number of carbonyl (C=O) groups excluding carboxylic acids is 2. The van der Waals surface area contributed by atoms with Gasteiger partial charge in [-0.25, -0.2) is 9.59 Å². The molecule has 2 atom stereocenters. The van der Waals surface area contributed by atoms with Crippen molar-refractivity contribution in [2.75, 3.05) is 6.54 Å². The molecule has 2 unspecified atom stereocenters. The van der Waals surface area contributed by atoms with Crippen LogP contribution in [0.5, 0.6) is 5.88 Å². The number of amides is 3. The highest BCUT2D eigenvalue weighted by Crippen LogP contribution is 2.40. The molecule has 2 aliphatic rings. The van der Waals surface area contributed by atoms with Gasteiger partial charge in [-0.15, -0.1) is 5.10 Å². The highest BCUT2D eigenvalue weighted by Gasteiger charge is 2.42. The summed E-state index contributed by atoms with van der Waals surface area (Å²) in [4.78, 5) is 25.3. The Morgan fingerprint density at radius 3 is 2.62 bits per heavy atom. The molecule has 0 radical (unpaired) electrons. The van der Waals surface area contributed by atoms with Crippen molar-refractivity contribution in [2.45, 2.75) is 76.9 Å². The van der Waals surface area contributed by atoms with Crippen LogP contribution < -0.4 is 15.8 Å². The van der Waals surface area contributed by atoms with Gasteiger partial charge in [0.1, 0.15) is 0 Å². The van der Waals surface area contributed by atoms with Crippen LogP contribution in [0, 0.1) is 0 Å². The summed E-state index contributed by atoms with van der Waals surface area (Å²) in [7, 11) is 0. The number of rotatable bonds is 3. The van der Waals surface area contributed by atoms with Crippen LogP contribution in [-0.4, -0.2) is 44.9 Å². The molecule has 1 saturated carbocycles. The lowest BCUT2D eigenvalue weighted by molar-refractivity contribution is 0.196. The quantitative estimate of drug-likeness (QED) is 0.861. The second kappa shape index (κ2) is 6.17. The smallest absolute Gasteiger partial charge is 0.390 e. The first-order valence-corrected chi connectivity index (χ1v) is 9.13. The van der Waals surface area contributed by atoms with E-state index in [4.69, 9.17) is 10.5 Å². The third-order valence-corrected chi connectivity index (χ3v) is 5.09. The molecule has 8 heteroatoms. The molecular formula is C18H29N5O3. The third kappa shape index (κ3) is 3.64. The molecule has 1 aromatic rings. The number of hydrogen-bond donors (Lipinski definition) is 2. The van der Waals surface area contributed by atoms with Crippen LogP contribution in [0.4, 0.5) is 9.59 Å². The number of nitrogens with one attached hydrogen (secondary N) is 1. The van der Waals surface area contributed by atoms with E-state index in [1.54, 1.807) is 6.07 Å². The molecule has 0 aromatic carbocycles. The normalized spacial score (nSPS) is 25.4. The average molecular weight is 363 g/mol. The van der Waals surface area contributed by atoms with Gasteiger partial charge in [0.15, 0.2) is 0 Å². The van der Waals surface area contributed by atoms with E-state index in [0.29, 0.717) is 0 Å². The van der Waals surface area contributed by atoms with Crippen LogP contribution in [-0.2, 0) is 5.54 Å². The summed E-state index contributed by atoms with van der Waals surface area (Å²) in [5, 5.41) is 7.46. The zero-order chi connectivity index (χ0) is 19.3. The maximum absolute atomic E-state index is 12.3. The SMILES string of the molecule is CC1(C)CN(C2CCC(c3cc(OC(N)=O)nn3C(C)(C)C)C2)C(=O)N1. The summed E-state index contributed by atoms with van der Waals surface area (Å²) in [5.74, 6) is 0.486. The summed E-state index contributed by atoms with van der Waals surface area (Å²) in [5.41, 5.74) is 5.71. The molecule has 0 bridgehead atoms. The van der Waals surface area contributed by atoms with Crippen molar-refractivity contribution in [3.05, 3.63) is 11.8 Å². The Hall–Kier alpha value is -2.25. The van der Waals surface area contributed by atoms with E-state index in [1.807, 2.05) is 23.4 Å². The van der Waals surface area contributed by atoms with Crippen LogP contribution >= 0.6 is 0 Å². The fraction of sp³-hybridized carbons (Fsp3) is 0.722. The van der Waals surface area contributed by atoms with E-state index in [1.165, 1.54) is 0 Å². The number of urea groups is 1. The number of carbonyl (C=O) groups is 2. The summed E-state index contributed by atoms with van der Waals surface area (Å²) in [6.07, 6.45) is 1.93. The Bertz CT molecular complexity index is 719. The van der Waals surface area contributed by atoms with E-state index >= 15 is 0 Å². The molecule has 0 spiro atoms. The van der Waals surface area contributed by atoms with Gasteiger partial charge in [-0.1, -0.05) is 0 Å². The van der Waals surface area contributed by atoms with Crippen molar-refractivity contribution in [1.82, 2.24) is 20.0 Å². The Balaban J connectivity index is 1.81. The van der Waals surface area contributed by atoms with Crippen molar-refractivity contribution in [3.63, 3.8) is 0 Å². The van der Waals surface area contributed by atoms with E-state index in [2.05, 4.69) is 31.2 Å². The molecule has 1 aromatic heterocycles. The standard InChI is InChI=1S/C18H29N5O3/c1-17(2,3)23-13(9-14(21-23)26-15(19)24)11-6-7-12(8-11)22-10-18(4,5)20-16(22)25/h9,11-12H,6-8,10H2,1-5H3,(H2,19,24)(H,20,25). The Labute approximate surface area is 154 Å². The number of ether oxygens (including phenoxy) is 1. The molecule has 3 rings (SSSR count). The van der Waals surface area contributed by atoms with E-state index in [9.17, 15) is 9.59 Å². The van der Waals surface area contributed by atoms with Gasteiger partial charge in [0, 0.05) is 30.3 Å². The fourth-order valence-electron chi connectivity index (χ4n) is 4.06. The highest BCUT2D eigenvalue weighted by atomic mass is 16.6. The van der Waals surface area contributed by atoms with Crippen molar-refractivity contribution in [3.8, 4) is 5.88 Å². The highest BCUT2D eigenvalue weighted by molar-refractivity contribution is 5.78. The first kappa shape index (κ1) is 18.5. The number of aromatic nitrogens is 2. The van der Waals surface area contributed by atoms with E-state index in [0.717, 1.165) is 31.5 Å². The lowest BCUT2D eigenvalue weighted by Crippen LogP contribution is -2.36. The molecule has 2 fully saturated rings. The summed E-state index contributed by atoms with van der Waals surface area (Å²) in [6.45, 7) is 11.0. The molecule has 26 heavy (non-hydrogen) atoms. The van der Waals surface area contributed by atoms with Crippen LogP contribution in [0.25, 0.3) is 0 Å². The molecule has 8 nitrogen and oxygen atoms in total. The topological polar surface area (TPSA) is 102 Å². The van der Waals surface area contributed by atoms with Crippen molar-refractivity contribution in [1.29, 1.82) is 0 Å². The number of nitrogens with two attached hydrogens (primary N) is 1. The summed E-state index contributed by atoms with van der Waals surface area (Å²) < 4.78 is 6.90. The lowest BCUT2D eigenvalue weighted by atomic mass is 10.0. The van der Waals surface area contributed by atoms with Crippen LogP contribution in [0.15, 0.2) is 6.07 Å². The Morgan fingerprint density at radius 1 is 1.38 bits per heavy atom. The van der Waals surface area contributed by atoms with Gasteiger partial charge < -0.3 is 20.7 Å². The monoisotopic (exact) mass is 363 g/mol. The van der Waals surface area contributed by atoms with Gasteiger partial charge in [0.25, 0.3) is 0 Å². The molecular weight excluding hydrogens is 334 g/mol. The van der Waals surface area contributed by atoms with Gasteiger partial charge in [-0.3, -0.25) is 4.68 Å². The largest absolute Gasteiger partial charge is 0.411 e. The van der Waals surface area contributed by atoms with Crippen molar-refractivity contribution < 1.29 is 14.3 Å². The molecule has 3 amide bonds. The number of hydrogen-bond acceptors (Lipinski definition) is 4. The molecule has 1 saturated heterocycles. The third-order valence-electron chi connectivity index (χ3n) is 5.09. The van der Waals surface area contributed by atoms with Gasteiger partial charge in [0.2, 0.25) is 5.88 Å². The maximum Gasteiger partial charge on any atom is 0.411 e. The van der Waals surface area contributed by atoms with Crippen LogP contribution in [0.3, 0.4) is 0 Å². The first-order chi connectivity index (χ1) is 12.0. The maximum atomic E-state index is 12.3. The Morgan fingerprint density at radius 2 is 2.08 bits per heavy atom. The first-order valence-electron chi connectivity index (χ1n) is 9.13. The summed E-state index contributed by atoms with van der Waals surface area (Å²) >= 11 is 0. The zero-order valence-corrected chi connectivity index (χ0v) is 16.2. The average Bonchev–Trinajstić information content (AvgIpc) is 3.14. The van der Waals surface area contributed by atoms with E-state index in [-0.39, 0.29) is 34.9 Å². The zero-order valence-electron chi connectivity index (χ0n) is 16.2. The van der Waals surface area contributed by atoms with Gasteiger partial charge in [0.05, 0.1) is 11.1 Å². The predicted octanol–water partition coefficient (Wildman–Crippen LogP) is 2.54. The molecule has 144 valence electrons. The van der Waals surface area contributed by atoms with E-state index < -0.39 is 6.09 Å². The predicted molar refractivity (Wildman–Crippen MR) is 97.1 cm³/mol. The van der Waals surface area contributed by atoms with Crippen molar-refractivity contribution >= 4 is 12.1 Å². The minimum Gasteiger partial charge on any atom is -0.390 e. The van der Waals surface area contributed by atoms with Crippen LogP contribution in [0.2, 0.25) is 0 Å². The molecule has 2 heterocycles. The molecule has 3 N–H and O–H groups in total. The minimum atomic E-state index is -0.865. The van der Waals surface area contributed by atoms with Crippen LogP contribution in [0.1, 0.15) is 65.5 Å².